The zero-order valence-electron chi connectivity index (χ0n) is 13.5. The molecule has 0 aromatic heterocycles. The molecule has 2 N–H and O–H groups in total. The van der Waals surface area contributed by atoms with Gasteiger partial charge < -0.3 is 19.9 Å². The first-order valence-corrected chi connectivity index (χ1v) is 7.54. The number of amides is 1. The molecule has 0 aliphatic heterocycles. The molecule has 0 spiro atoms. The van der Waals surface area contributed by atoms with Gasteiger partial charge in [0, 0.05) is 12.1 Å². The predicted molar refractivity (Wildman–Crippen MR) is 89.4 cm³/mol. The van der Waals surface area contributed by atoms with Gasteiger partial charge in [-0.2, -0.15) is 0 Å². The third kappa shape index (κ3) is 5.56. The van der Waals surface area contributed by atoms with E-state index in [1.165, 1.54) is 12.1 Å². The van der Waals surface area contributed by atoms with Crippen LogP contribution in [0.1, 0.15) is 5.56 Å². The van der Waals surface area contributed by atoms with E-state index < -0.39 is 29.6 Å². The Labute approximate surface area is 148 Å². The highest BCUT2D eigenvalue weighted by Crippen LogP contribution is 2.17. The first kappa shape index (κ1) is 18.9. The van der Waals surface area contributed by atoms with E-state index in [1.807, 2.05) is 6.07 Å². The number of nitro benzene ring substituents is 1. The van der Waals surface area contributed by atoms with Crippen molar-refractivity contribution in [3.63, 3.8) is 0 Å². The number of non-ortho nitro benzene ring substituents is 1. The van der Waals surface area contributed by atoms with E-state index in [1.54, 1.807) is 24.3 Å². The Hall–Kier alpha value is -3.46. The maximum atomic E-state index is 12.0. The Morgan fingerprint density at radius 3 is 2.35 bits per heavy atom. The second-order valence-corrected chi connectivity index (χ2v) is 5.11. The van der Waals surface area contributed by atoms with Crippen LogP contribution in [0.15, 0.2) is 54.6 Å². The molecular formula is C17H16N2O7. The van der Waals surface area contributed by atoms with Crippen LogP contribution in [0.25, 0.3) is 0 Å². The van der Waals surface area contributed by atoms with Crippen LogP contribution in [-0.2, 0) is 16.1 Å². The van der Waals surface area contributed by atoms with Crippen LogP contribution in [0.5, 0.6) is 5.75 Å². The second-order valence-electron chi connectivity index (χ2n) is 5.11. The largest absolute Gasteiger partial charge is 0.445 e. The van der Waals surface area contributed by atoms with Gasteiger partial charge in [-0.1, -0.05) is 30.3 Å². The van der Waals surface area contributed by atoms with Crippen LogP contribution in [0.2, 0.25) is 0 Å². The van der Waals surface area contributed by atoms with Gasteiger partial charge in [-0.15, -0.1) is 0 Å². The van der Waals surface area contributed by atoms with Crippen LogP contribution in [-0.4, -0.2) is 34.7 Å². The van der Waals surface area contributed by atoms with Gasteiger partial charge in [0.05, 0.1) is 11.5 Å². The maximum Gasteiger partial charge on any atom is 0.408 e. The lowest BCUT2D eigenvalue weighted by molar-refractivity contribution is -0.384. The van der Waals surface area contributed by atoms with Crippen molar-refractivity contribution >= 4 is 17.7 Å². The quantitative estimate of drug-likeness (QED) is 0.333. The average Bonchev–Trinajstić information content (AvgIpc) is 2.65. The molecule has 0 aliphatic rings. The summed E-state index contributed by atoms with van der Waals surface area (Å²) in [6, 6.07) is 12.4. The molecule has 2 aromatic rings. The monoisotopic (exact) mass is 360 g/mol. The van der Waals surface area contributed by atoms with E-state index in [-0.39, 0.29) is 18.0 Å². The van der Waals surface area contributed by atoms with Crippen molar-refractivity contribution in [2.24, 2.45) is 0 Å². The normalized spacial score (nSPS) is 11.3. The van der Waals surface area contributed by atoms with Crippen molar-refractivity contribution in [2.45, 2.75) is 12.6 Å². The Bertz CT molecular complexity index is 762. The summed E-state index contributed by atoms with van der Waals surface area (Å²) in [5.74, 6) is -0.892. The van der Waals surface area contributed by atoms with E-state index in [0.717, 1.165) is 17.7 Å². The number of nitrogens with zero attached hydrogens (tertiary/aromatic N) is 1. The number of rotatable bonds is 7. The van der Waals surface area contributed by atoms with E-state index in [4.69, 9.17) is 9.47 Å². The van der Waals surface area contributed by atoms with Crippen LogP contribution < -0.4 is 10.1 Å². The molecule has 0 aliphatic carbocycles. The fourth-order valence-electron chi connectivity index (χ4n) is 1.91. The molecule has 0 radical (unpaired) electrons. The second kappa shape index (κ2) is 9.14. The van der Waals surface area contributed by atoms with Crippen LogP contribution in [0, 0.1) is 10.1 Å². The fraction of sp³-hybridized carbons (Fsp3) is 0.176. The summed E-state index contributed by atoms with van der Waals surface area (Å²) in [7, 11) is 0. The van der Waals surface area contributed by atoms with Gasteiger partial charge in [0.1, 0.15) is 12.4 Å². The molecule has 136 valence electrons. The molecule has 9 nitrogen and oxygen atoms in total. The van der Waals surface area contributed by atoms with Crippen molar-refractivity contribution < 1.29 is 29.1 Å². The molecule has 0 bridgehead atoms. The number of esters is 1. The molecule has 2 rings (SSSR count). The van der Waals surface area contributed by atoms with Gasteiger partial charge in [-0.05, 0) is 17.7 Å². The van der Waals surface area contributed by atoms with E-state index in [0.29, 0.717) is 0 Å². The summed E-state index contributed by atoms with van der Waals surface area (Å²) >= 11 is 0. The van der Waals surface area contributed by atoms with Gasteiger partial charge in [0.15, 0.2) is 6.04 Å². The summed E-state index contributed by atoms with van der Waals surface area (Å²) in [4.78, 5) is 33.7. The average molecular weight is 360 g/mol. The predicted octanol–water partition coefficient (Wildman–Crippen LogP) is 1.79. The summed E-state index contributed by atoms with van der Waals surface area (Å²) in [6.07, 6.45) is -0.895. The van der Waals surface area contributed by atoms with Crippen molar-refractivity contribution in [3.05, 3.63) is 70.3 Å². The van der Waals surface area contributed by atoms with Crippen molar-refractivity contribution in [2.75, 3.05) is 6.61 Å². The van der Waals surface area contributed by atoms with Crippen molar-refractivity contribution in [3.8, 4) is 5.75 Å². The Morgan fingerprint density at radius 1 is 1.12 bits per heavy atom. The number of benzene rings is 2. The highest BCUT2D eigenvalue weighted by molar-refractivity contribution is 5.83. The number of nitro groups is 1. The molecule has 1 amide bonds. The zero-order chi connectivity index (χ0) is 18.9. The van der Waals surface area contributed by atoms with Crippen LogP contribution in [0.4, 0.5) is 10.5 Å². The molecule has 26 heavy (non-hydrogen) atoms. The van der Waals surface area contributed by atoms with Crippen molar-refractivity contribution in [1.82, 2.24) is 5.32 Å². The maximum absolute atomic E-state index is 12.0. The molecule has 2 aromatic carbocycles. The minimum atomic E-state index is -1.34. The Balaban J connectivity index is 1.87. The highest BCUT2D eigenvalue weighted by Gasteiger charge is 2.23. The number of carbonyl (C=O) groups excluding carboxylic acids is 2. The molecule has 1 atom stereocenters. The lowest BCUT2D eigenvalue weighted by atomic mass is 10.2. The summed E-state index contributed by atoms with van der Waals surface area (Å²) in [5, 5.41) is 22.0. The first-order valence-electron chi connectivity index (χ1n) is 7.54. The Morgan fingerprint density at radius 2 is 1.77 bits per heavy atom. The molecule has 9 heteroatoms. The van der Waals surface area contributed by atoms with Gasteiger partial charge in [0.25, 0.3) is 5.69 Å². The van der Waals surface area contributed by atoms with Crippen LogP contribution in [0.3, 0.4) is 0 Å². The summed E-state index contributed by atoms with van der Waals surface area (Å²) in [5.41, 5.74) is 0.600. The third-order valence-electron chi connectivity index (χ3n) is 3.24. The van der Waals surface area contributed by atoms with Gasteiger partial charge in [-0.3, -0.25) is 10.1 Å². The standard InChI is InChI=1S/C17H16N2O7/c20-10-15(18-17(22)25-11-12-4-2-1-3-5-12)16(21)26-14-8-6-13(7-9-14)19(23)24/h1-9,15,20H,10-11H2,(H,18,22)/t15-/m1/s1. The number of carbonyl (C=O) groups is 2. The van der Waals surface area contributed by atoms with Crippen LogP contribution >= 0.6 is 0 Å². The highest BCUT2D eigenvalue weighted by atomic mass is 16.6. The number of ether oxygens (including phenoxy) is 2. The topological polar surface area (TPSA) is 128 Å². The van der Waals surface area contributed by atoms with Crippen molar-refractivity contribution in [1.29, 1.82) is 0 Å². The number of aliphatic hydroxyl groups is 1. The van der Waals surface area contributed by atoms with E-state index >= 15 is 0 Å². The minimum Gasteiger partial charge on any atom is -0.445 e. The lowest BCUT2D eigenvalue weighted by Crippen LogP contribution is -2.45. The van der Waals surface area contributed by atoms with Gasteiger partial charge in [-0.25, -0.2) is 9.59 Å². The number of hydrogen-bond acceptors (Lipinski definition) is 7. The lowest BCUT2D eigenvalue weighted by Gasteiger charge is -2.15. The molecular weight excluding hydrogens is 344 g/mol. The van der Waals surface area contributed by atoms with E-state index in [9.17, 15) is 24.8 Å². The molecule has 0 saturated carbocycles. The van der Waals surface area contributed by atoms with Gasteiger partial charge >= 0.3 is 12.1 Å². The molecule has 0 unspecified atom stereocenters. The molecule has 0 saturated heterocycles. The Kier molecular flexibility index (Phi) is 6.63. The van der Waals surface area contributed by atoms with E-state index in [2.05, 4.69) is 5.32 Å². The SMILES string of the molecule is O=C(N[C@H](CO)C(=O)Oc1ccc([N+](=O)[O-])cc1)OCc1ccccc1. The minimum absolute atomic E-state index is 0.00220. The van der Waals surface area contributed by atoms with Gasteiger partial charge in [0.2, 0.25) is 0 Å². The number of aliphatic hydroxyl groups excluding tert-OH is 1. The third-order valence-corrected chi connectivity index (χ3v) is 3.24. The molecule has 0 fully saturated rings. The smallest absolute Gasteiger partial charge is 0.408 e. The number of hydrogen-bond donors (Lipinski definition) is 2. The number of alkyl carbamates (subject to hydrolysis) is 1. The number of nitrogens with one attached hydrogen (secondary N) is 1. The zero-order valence-corrected chi connectivity index (χ0v) is 13.5. The fourth-order valence-corrected chi connectivity index (χ4v) is 1.91. The first-order chi connectivity index (χ1) is 12.5. The molecule has 0 heterocycles. The summed E-state index contributed by atoms with van der Waals surface area (Å²) < 4.78 is 9.93. The summed E-state index contributed by atoms with van der Waals surface area (Å²) in [6.45, 7) is -0.700.